The van der Waals surface area contributed by atoms with Crippen LogP contribution in [0.25, 0.3) is 0 Å². The number of hydrogen-bond acceptors (Lipinski definition) is 2. The Morgan fingerprint density at radius 2 is 2.33 bits per heavy atom. The zero-order valence-electron chi connectivity index (χ0n) is 7.89. The van der Waals surface area contributed by atoms with Crippen molar-refractivity contribution in [2.75, 3.05) is 13.1 Å². The van der Waals surface area contributed by atoms with Gasteiger partial charge in [-0.25, -0.2) is 0 Å². The minimum atomic E-state index is 0.0956. The van der Waals surface area contributed by atoms with E-state index in [9.17, 15) is 4.79 Å². The molecule has 0 aromatic heterocycles. The highest BCUT2D eigenvalue weighted by molar-refractivity contribution is 5.81. The molecule has 68 valence electrons. The van der Waals surface area contributed by atoms with Crippen molar-refractivity contribution in [1.82, 2.24) is 5.32 Å². The predicted octanol–water partition coefficient (Wildman–Crippen LogP) is 1.21. The smallest absolute Gasteiger partial charge is 0.137 e. The Morgan fingerprint density at radius 1 is 1.67 bits per heavy atom. The average molecular weight is 167 g/mol. The molecule has 0 saturated carbocycles. The molecule has 0 aliphatic rings. The Morgan fingerprint density at radius 3 is 2.83 bits per heavy atom. The summed E-state index contributed by atoms with van der Waals surface area (Å²) in [6.45, 7) is 5.63. The van der Waals surface area contributed by atoms with Crippen molar-refractivity contribution in [3.05, 3.63) is 0 Å². The lowest BCUT2D eigenvalue weighted by atomic mass is 10.0. The molecule has 1 unspecified atom stereocenters. The van der Waals surface area contributed by atoms with Gasteiger partial charge in [0.25, 0.3) is 0 Å². The van der Waals surface area contributed by atoms with Crippen molar-refractivity contribution in [3.8, 4) is 12.3 Å². The second kappa shape index (κ2) is 6.87. The third-order valence-corrected chi connectivity index (χ3v) is 1.77. The second-order valence-corrected chi connectivity index (χ2v) is 2.88. The number of ketones is 1. The summed E-state index contributed by atoms with van der Waals surface area (Å²) < 4.78 is 0. The molecule has 0 bridgehead atoms. The van der Waals surface area contributed by atoms with Crippen LogP contribution in [-0.4, -0.2) is 18.9 Å². The van der Waals surface area contributed by atoms with E-state index < -0.39 is 0 Å². The molecular weight excluding hydrogens is 150 g/mol. The van der Waals surface area contributed by atoms with E-state index in [4.69, 9.17) is 6.42 Å². The van der Waals surface area contributed by atoms with Gasteiger partial charge < -0.3 is 5.32 Å². The largest absolute Gasteiger partial charge is 0.316 e. The molecule has 12 heavy (non-hydrogen) atoms. The van der Waals surface area contributed by atoms with Crippen LogP contribution >= 0.6 is 0 Å². The summed E-state index contributed by atoms with van der Waals surface area (Å²) >= 11 is 0. The number of Topliss-reactive ketones (excluding diaryl/α,β-unsaturated/α-hetero) is 1. The maximum absolute atomic E-state index is 11.3. The average Bonchev–Trinajstić information content (AvgIpc) is 2.10. The first-order valence-corrected chi connectivity index (χ1v) is 4.39. The number of hydrogen-bond donors (Lipinski definition) is 1. The molecule has 1 atom stereocenters. The highest BCUT2D eigenvalue weighted by Gasteiger charge is 2.10. The van der Waals surface area contributed by atoms with Crippen molar-refractivity contribution >= 4 is 5.78 Å². The summed E-state index contributed by atoms with van der Waals surface area (Å²) in [4.78, 5) is 11.3. The fraction of sp³-hybridized carbons (Fsp3) is 0.700. The zero-order chi connectivity index (χ0) is 9.40. The van der Waals surface area contributed by atoms with E-state index in [0.717, 1.165) is 13.1 Å². The van der Waals surface area contributed by atoms with Crippen molar-refractivity contribution in [1.29, 1.82) is 0 Å². The standard InChI is InChI=1S/C10H17NO/c1-4-6-7-10(12)9(3)8-11-5-2/h1,9,11H,5-8H2,2-3H3. The summed E-state index contributed by atoms with van der Waals surface area (Å²) in [7, 11) is 0. The lowest BCUT2D eigenvalue weighted by molar-refractivity contribution is -0.122. The number of terminal acetylenes is 1. The van der Waals surface area contributed by atoms with E-state index in [1.165, 1.54) is 0 Å². The van der Waals surface area contributed by atoms with Gasteiger partial charge in [-0.2, -0.15) is 0 Å². The fourth-order valence-electron chi connectivity index (χ4n) is 0.916. The van der Waals surface area contributed by atoms with Gasteiger partial charge in [0.15, 0.2) is 0 Å². The molecule has 0 aromatic carbocycles. The van der Waals surface area contributed by atoms with Crippen molar-refractivity contribution < 1.29 is 4.79 Å². The molecular formula is C10H17NO. The van der Waals surface area contributed by atoms with Crippen molar-refractivity contribution in [2.45, 2.75) is 26.7 Å². The van der Waals surface area contributed by atoms with Crippen LogP contribution in [0.3, 0.4) is 0 Å². The molecule has 0 aromatic rings. The van der Waals surface area contributed by atoms with E-state index in [1.54, 1.807) is 0 Å². The Balaban J connectivity index is 3.55. The SMILES string of the molecule is C#CCCC(=O)C(C)CNCC. The quantitative estimate of drug-likeness (QED) is 0.602. The normalized spacial score (nSPS) is 12.1. The molecule has 0 aliphatic carbocycles. The van der Waals surface area contributed by atoms with Gasteiger partial charge in [0.05, 0.1) is 0 Å². The molecule has 0 fully saturated rings. The second-order valence-electron chi connectivity index (χ2n) is 2.88. The third kappa shape index (κ3) is 4.92. The summed E-state index contributed by atoms with van der Waals surface area (Å²) in [6.07, 6.45) is 6.14. The number of rotatable bonds is 6. The van der Waals surface area contributed by atoms with Crippen LogP contribution in [0.15, 0.2) is 0 Å². The minimum Gasteiger partial charge on any atom is -0.316 e. The van der Waals surface area contributed by atoms with E-state index in [1.807, 2.05) is 13.8 Å². The third-order valence-electron chi connectivity index (χ3n) is 1.77. The minimum absolute atomic E-state index is 0.0956. The van der Waals surface area contributed by atoms with Gasteiger partial charge in [-0.3, -0.25) is 4.79 Å². The van der Waals surface area contributed by atoms with Crippen LogP contribution in [0.4, 0.5) is 0 Å². The molecule has 0 aliphatic heterocycles. The van der Waals surface area contributed by atoms with Gasteiger partial charge in [0.1, 0.15) is 5.78 Å². The van der Waals surface area contributed by atoms with Gasteiger partial charge in [-0.05, 0) is 6.54 Å². The topological polar surface area (TPSA) is 29.1 Å². The number of carbonyl (C=O) groups is 1. The Labute approximate surface area is 74.7 Å². The monoisotopic (exact) mass is 167 g/mol. The first-order chi connectivity index (χ1) is 5.72. The summed E-state index contributed by atoms with van der Waals surface area (Å²) in [5.41, 5.74) is 0. The van der Waals surface area contributed by atoms with Crippen LogP contribution in [0, 0.1) is 18.3 Å². The molecule has 0 amide bonds. The zero-order valence-corrected chi connectivity index (χ0v) is 7.89. The molecule has 0 spiro atoms. The molecule has 0 heterocycles. The van der Waals surface area contributed by atoms with E-state index >= 15 is 0 Å². The lowest BCUT2D eigenvalue weighted by Gasteiger charge is -2.08. The van der Waals surface area contributed by atoms with Crippen molar-refractivity contribution in [3.63, 3.8) is 0 Å². The first kappa shape index (κ1) is 11.2. The van der Waals surface area contributed by atoms with Crippen LogP contribution < -0.4 is 5.32 Å². The molecule has 1 N–H and O–H groups in total. The maximum atomic E-state index is 11.3. The molecule has 2 nitrogen and oxygen atoms in total. The number of nitrogens with one attached hydrogen (secondary N) is 1. The van der Waals surface area contributed by atoms with E-state index in [2.05, 4.69) is 11.2 Å². The lowest BCUT2D eigenvalue weighted by Crippen LogP contribution is -2.26. The van der Waals surface area contributed by atoms with Crippen LogP contribution in [0.2, 0.25) is 0 Å². The van der Waals surface area contributed by atoms with E-state index in [-0.39, 0.29) is 11.7 Å². The highest BCUT2D eigenvalue weighted by atomic mass is 16.1. The molecule has 0 radical (unpaired) electrons. The molecule has 0 saturated heterocycles. The van der Waals surface area contributed by atoms with Gasteiger partial charge >= 0.3 is 0 Å². The van der Waals surface area contributed by atoms with Gasteiger partial charge in [-0.15, -0.1) is 12.3 Å². The van der Waals surface area contributed by atoms with Crippen LogP contribution in [0.1, 0.15) is 26.7 Å². The van der Waals surface area contributed by atoms with Gasteiger partial charge in [-0.1, -0.05) is 13.8 Å². The summed E-state index contributed by atoms with van der Waals surface area (Å²) in [6, 6.07) is 0. The first-order valence-electron chi connectivity index (χ1n) is 4.39. The van der Waals surface area contributed by atoms with E-state index in [0.29, 0.717) is 12.8 Å². The highest BCUT2D eigenvalue weighted by Crippen LogP contribution is 2.01. The maximum Gasteiger partial charge on any atom is 0.137 e. The molecule has 2 heteroatoms. The van der Waals surface area contributed by atoms with Crippen molar-refractivity contribution in [2.24, 2.45) is 5.92 Å². The van der Waals surface area contributed by atoms with Crippen LogP contribution in [0.5, 0.6) is 0 Å². The predicted molar refractivity (Wildman–Crippen MR) is 50.8 cm³/mol. The summed E-state index contributed by atoms with van der Waals surface area (Å²) in [5.74, 6) is 2.82. The van der Waals surface area contributed by atoms with Gasteiger partial charge in [0, 0.05) is 25.3 Å². The Hall–Kier alpha value is -0.810. The van der Waals surface area contributed by atoms with Crippen LogP contribution in [-0.2, 0) is 4.79 Å². The van der Waals surface area contributed by atoms with Gasteiger partial charge in [0.2, 0.25) is 0 Å². The Bertz CT molecular complexity index is 169. The molecule has 0 rings (SSSR count). The fourth-order valence-corrected chi connectivity index (χ4v) is 0.916. The number of carbonyl (C=O) groups excluding carboxylic acids is 1. The summed E-state index contributed by atoms with van der Waals surface area (Å²) in [5, 5.41) is 3.13. The Kier molecular flexibility index (Phi) is 6.41.